The van der Waals surface area contributed by atoms with Crippen molar-refractivity contribution >= 4 is 28.1 Å². The molecule has 7 nitrogen and oxygen atoms in total. The first-order valence-electron chi connectivity index (χ1n) is 5.00. The molecular formula is C12H9Na3O7S. The number of carbonyl (C=O) groups excluding carboxylic acids is 2. The first kappa shape index (κ1) is 31.3. The summed E-state index contributed by atoms with van der Waals surface area (Å²) in [6.07, 6.45) is 2.03. The fraction of sp³-hybridized carbons (Fsp3) is 0. The molecule has 0 unspecified atom stereocenters. The average molecular weight is 366 g/mol. The maximum Gasteiger partial charge on any atom is 1.00 e. The summed E-state index contributed by atoms with van der Waals surface area (Å²) in [4.78, 5) is 18.8. The fourth-order valence-electron chi connectivity index (χ4n) is 0.862. The number of hydrogen-bond acceptors (Lipinski definition) is 7. The number of carboxylic acid groups (broad SMARTS) is 2. The molecule has 23 heavy (non-hydrogen) atoms. The largest absolute Gasteiger partial charge is 1.00 e. The smallest absolute Gasteiger partial charge is 0.744 e. The third-order valence-corrected chi connectivity index (χ3v) is 2.05. The van der Waals surface area contributed by atoms with Crippen LogP contribution in [0.4, 0.5) is 0 Å². The van der Waals surface area contributed by atoms with Gasteiger partial charge in [-0.2, -0.15) is 0 Å². The molecule has 0 aliphatic rings. The molecule has 108 valence electrons. The first-order valence-corrected chi connectivity index (χ1v) is 6.47. The summed E-state index contributed by atoms with van der Waals surface area (Å²) in [5, 5.41) is 19.5. The molecule has 1 aromatic rings. The monoisotopic (exact) mass is 366 g/mol. The first-order chi connectivity index (χ1) is 9.20. The van der Waals surface area contributed by atoms with Gasteiger partial charge in [-0.1, -0.05) is 30.3 Å². The molecule has 0 N–H and O–H groups in total. The van der Waals surface area contributed by atoms with Gasteiger partial charge < -0.3 is 24.4 Å². The summed E-state index contributed by atoms with van der Waals surface area (Å²) < 4.78 is 30.5. The Hall–Kier alpha value is 0.550. The summed E-state index contributed by atoms with van der Waals surface area (Å²) in [7, 11) is -4.25. The molecule has 11 heteroatoms. The van der Waals surface area contributed by atoms with Crippen LogP contribution in [-0.2, 0) is 19.7 Å². The number of carboxylic acids is 2. The molecule has 0 amide bonds. The van der Waals surface area contributed by atoms with E-state index in [0.717, 1.165) is 0 Å². The molecule has 1 rings (SSSR count). The van der Waals surface area contributed by atoms with Gasteiger partial charge in [0.1, 0.15) is 10.1 Å². The van der Waals surface area contributed by atoms with Crippen molar-refractivity contribution in [1.29, 1.82) is 0 Å². The Morgan fingerprint density at radius 2 is 1.26 bits per heavy atom. The van der Waals surface area contributed by atoms with Crippen molar-refractivity contribution < 1.29 is 121 Å². The van der Waals surface area contributed by atoms with E-state index in [1.54, 1.807) is 24.3 Å². The molecule has 0 fully saturated rings. The molecule has 1 aromatic carbocycles. The number of rotatable bonds is 4. The molecule has 0 spiro atoms. The zero-order valence-electron chi connectivity index (χ0n) is 13.0. The molecule has 0 aromatic heterocycles. The average Bonchev–Trinajstić information content (AvgIpc) is 2.35. The van der Waals surface area contributed by atoms with Crippen molar-refractivity contribution in [2.24, 2.45) is 0 Å². The van der Waals surface area contributed by atoms with Gasteiger partial charge in [0.15, 0.2) is 0 Å². The van der Waals surface area contributed by atoms with Crippen LogP contribution < -0.4 is 98.9 Å². The van der Waals surface area contributed by atoms with Crippen LogP contribution in [0.2, 0.25) is 0 Å². The van der Waals surface area contributed by atoms with Gasteiger partial charge in [-0.25, -0.2) is 8.42 Å². The van der Waals surface area contributed by atoms with E-state index in [4.69, 9.17) is 0 Å². The number of carbonyl (C=O) groups is 2. The molecule has 0 radical (unpaired) electrons. The van der Waals surface area contributed by atoms with E-state index in [9.17, 15) is 32.8 Å². The molecule has 0 atom stereocenters. The molecule has 0 saturated carbocycles. The Morgan fingerprint density at radius 1 is 0.870 bits per heavy atom. The van der Waals surface area contributed by atoms with Crippen molar-refractivity contribution in [3.8, 4) is 0 Å². The topological polar surface area (TPSA) is 137 Å². The van der Waals surface area contributed by atoms with E-state index in [0.29, 0.717) is 23.1 Å². The fourth-order valence-corrected chi connectivity index (χ4v) is 1.19. The summed E-state index contributed by atoms with van der Waals surface area (Å²) in [5.74, 6) is -3.09. The van der Waals surface area contributed by atoms with Crippen LogP contribution in [0.1, 0.15) is 5.56 Å². The zero-order chi connectivity index (χ0) is 15.6. The maximum absolute atomic E-state index is 10.2. The third-order valence-electron chi connectivity index (χ3n) is 1.58. The molecule has 0 bridgehead atoms. The second kappa shape index (κ2) is 17.4. The van der Waals surface area contributed by atoms with E-state index < -0.39 is 22.1 Å². The Kier molecular flexibility index (Phi) is 23.7. The quantitative estimate of drug-likeness (QED) is 0.293. The third kappa shape index (κ3) is 24.9. The second-order valence-corrected chi connectivity index (χ2v) is 4.44. The van der Waals surface area contributed by atoms with Gasteiger partial charge >= 0.3 is 88.7 Å². The number of aliphatic carboxylic acids is 2. The van der Waals surface area contributed by atoms with Gasteiger partial charge in [-0.3, -0.25) is 0 Å². The maximum atomic E-state index is 10.2. The van der Waals surface area contributed by atoms with E-state index in [1.165, 1.54) is 6.08 Å². The molecular weight excluding hydrogens is 357 g/mol. The van der Waals surface area contributed by atoms with Gasteiger partial charge in [-0.15, -0.1) is 0 Å². The van der Waals surface area contributed by atoms with E-state index in [1.807, 2.05) is 6.07 Å². The van der Waals surface area contributed by atoms with E-state index in [2.05, 4.69) is 0 Å². The van der Waals surface area contributed by atoms with Crippen LogP contribution in [0.5, 0.6) is 0 Å². The van der Waals surface area contributed by atoms with Gasteiger partial charge in [0.05, 0.1) is 11.9 Å². The van der Waals surface area contributed by atoms with Gasteiger partial charge in [-0.05, 0) is 23.8 Å². The Labute approximate surface area is 200 Å². The van der Waals surface area contributed by atoms with Crippen molar-refractivity contribution in [1.82, 2.24) is 0 Å². The summed E-state index contributed by atoms with van der Waals surface area (Å²) >= 11 is 0. The Morgan fingerprint density at radius 3 is 1.57 bits per heavy atom. The van der Waals surface area contributed by atoms with Crippen molar-refractivity contribution in [2.75, 3.05) is 0 Å². The van der Waals surface area contributed by atoms with Crippen LogP contribution >= 0.6 is 0 Å². The van der Waals surface area contributed by atoms with Gasteiger partial charge in [0.2, 0.25) is 0 Å². The second-order valence-electron chi connectivity index (χ2n) is 3.18. The minimum absolute atomic E-state index is 0. The van der Waals surface area contributed by atoms with Gasteiger partial charge in [0, 0.05) is 5.41 Å². The van der Waals surface area contributed by atoms with Crippen LogP contribution in [0.15, 0.2) is 47.9 Å². The number of benzene rings is 1. The Bertz CT molecular complexity index is 597. The van der Waals surface area contributed by atoms with Crippen molar-refractivity contribution in [3.63, 3.8) is 0 Å². The number of hydrogen-bond donors (Lipinski definition) is 0. The van der Waals surface area contributed by atoms with Crippen LogP contribution in [0.25, 0.3) is 6.08 Å². The molecule has 0 aliphatic carbocycles. The predicted octanol–water partition coefficient (Wildman–Crippen LogP) is -10.7. The van der Waals surface area contributed by atoms with Crippen molar-refractivity contribution in [2.45, 2.75) is 0 Å². The van der Waals surface area contributed by atoms with Crippen LogP contribution in [0.3, 0.4) is 0 Å². The minimum Gasteiger partial charge on any atom is -0.744 e. The summed E-state index contributed by atoms with van der Waals surface area (Å²) in [5.41, 5.74) is 0.692. The molecule has 0 heterocycles. The minimum atomic E-state index is -4.25. The van der Waals surface area contributed by atoms with Crippen LogP contribution in [0, 0.1) is 0 Å². The van der Waals surface area contributed by atoms with Gasteiger partial charge in [0.25, 0.3) is 0 Å². The SMILES string of the molecule is O=C([O-])/C=C\C(=O)[O-].O=S(=O)([O-])C=Cc1ccccc1.[Na+].[Na+].[Na+]. The standard InChI is InChI=1S/C8H8O3S.C4H4O4.3Na/c9-12(10,11)7-6-8-4-2-1-3-5-8;5-3(6)1-2-4(7)8;;;/h1-7H,(H,9,10,11);1-2H,(H,5,6)(H,7,8);;;/q;;3*+1/p-3/b;2-1-;;;. The molecule has 0 aliphatic heterocycles. The van der Waals surface area contributed by atoms with E-state index >= 15 is 0 Å². The normalized spacial score (nSPS) is 9.61. The van der Waals surface area contributed by atoms with Crippen LogP contribution in [-0.4, -0.2) is 24.9 Å². The zero-order valence-corrected chi connectivity index (χ0v) is 19.8. The predicted molar refractivity (Wildman–Crippen MR) is 64.3 cm³/mol. The molecule has 0 saturated heterocycles. The summed E-state index contributed by atoms with van der Waals surface area (Å²) in [6.45, 7) is 0. The van der Waals surface area contributed by atoms with E-state index in [-0.39, 0.29) is 88.7 Å². The van der Waals surface area contributed by atoms with Crippen molar-refractivity contribution in [3.05, 3.63) is 53.5 Å². The summed E-state index contributed by atoms with van der Waals surface area (Å²) in [6, 6.07) is 8.75. The Balaban J connectivity index is -0.000000148.